The monoisotopic (exact) mass is 284 g/mol. The maximum absolute atomic E-state index is 3.67. The summed E-state index contributed by atoms with van der Waals surface area (Å²) in [5, 5.41) is 3.67. The lowest BCUT2D eigenvalue weighted by atomic mass is 10.2. The average molecular weight is 284 g/mol. The van der Waals surface area contributed by atoms with E-state index in [4.69, 9.17) is 0 Å². The Morgan fingerprint density at radius 1 is 1.00 bits per heavy atom. The third-order valence-corrected chi connectivity index (χ3v) is 4.71. The van der Waals surface area contributed by atoms with Crippen LogP contribution in [0.4, 0.5) is 0 Å². The number of nitrogens with one attached hydrogen (secondary N) is 1. The molecule has 2 nitrogen and oxygen atoms in total. The molecule has 0 spiro atoms. The zero-order chi connectivity index (χ0) is 13.6. The van der Waals surface area contributed by atoms with Gasteiger partial charge in [0.05, 0.1) is 6.17 Å². The van der Waals surface area contributed by atoms with Crippen molar-refractivity contribution in [1.29, 1.82) is 0 Å². The largest absolute Gasteiger partial charge is 0.297 e. The van der Waals surface area contributed by atoms with Crippen LogP contribution in [0.5, 0.6) is 0 Å². The van der Waals surface area contributed by atoms with Gasteiger partial charge >= 0.3 is 0 Å². The number of hydrogen-bond acceptors (Lipinski definition) is 3. The summed E-state index contributed by atoms with van der Waals surface area (Å²) >= 11 is 1.87. The number of nitrogens with zero attached hydrogens (tertiary/aromatic N) is 1. The van der Waals surface area contributed by atoms with Crippen LogP contribution in [0.1, 0.15) is 18.4 Å². The molecular weight excluding hydrogens is 264 g/mol. The van der Waals surface area contributed by atoms with Gasteiger partial charge in [0.2, 0.25) is 0 Å². The van der Waals surface area contributed by atoms with Crippen molar-refractivity contribution >= 4 is 11.9 Å². The van der Waals surface area contributed by atoms with Crippen LogP contribution in [0.25, 0.3) is 0 Å². The van der Waals surface area contributed by atoms with Crippen LogP contribution < -0.4 is 5.32 Å². The van der Waals surface area contributed by atoms with Crippen molar-refractivity contribution in [3.63, 3.8) is 0 Å². The fourth-order valence-electron chi connectivity index (χ4n) is 2.50. The Balaban J connectivity index is 1.56. The molecule has 2 aromatic carbocycles. The number of rotatable bonds is 5. The molecule has 0 bridgehead atoms. The van der Waals surface area contributed by atoms with Crippen molar-refractivity contribution in [3.8, 4) is 0 Å². The average Bonchev–Trinajstić information content (AvgIpc) is 2.94. The molecule has 1 unspecified atom stereocenters. The molecule has 1 atom stereocenters. The van der Waals surface area contributed by atoms with E-state index in [1.807, 2.05) is 11.9 Å². The predicted molar refractivity (Wildman–Crippen MR) is 85.3 cm³/mol. The van der Waals surface area contributed by atoms with Gasteiger partial charge in [0.15, 0.2) is 0 Å². The topological polar surface area (TPSA) is 15.3 Å². The van der Waals surface area contributed by atoms with Crippen LogP contribution in [0.2, 0.25) is 0 Å². The van der Waals surface area contributed by atoms with Gasteiger partial charge in [0.1, 0.15) is 0 Å². The summed E-state index contributed by atoms with van der Waals surface area (Å²) in [5.74, 6) is 0. The van der Waals surface area contributed by atoms with Gasteiger partial charge in [-0.05, 0) is 42.5 Å². The van der Waals surface area contributed by atoms with Gasteiger partial charge in [-0.3, -0.25) is 5.32 Å². The third kappa shape index (κ3) is 3.63. The van der Waals surface area contributed by atoms with E-state index in [1.165, 1.54) is 23.3 Å². The van der Waals surface area contributed by atoms with Crippen molar-refractivity contribution in [3.05, 3.63) is 66.2 Å². The van der Waals surface area contributed by atoms with Gasteiger partial charge in [-0.15, -0.1) is 0 Å². The van der Waals surface area contributed by atoms with E-state index in [2.05, 4.69) is 70.3 Å². The van der Waals surface area contributed by atoms with E-state index in [1.54, 1.807) is 0 Å². The Hall–Kier alpha value is -1.29. The first-order valence-electron chi connectivity index (χ1n) is 7.19. The summed E-state index contributed by atoms with van der Waals surface area (Å²) in [6.45, 7) is 2.10. The van der Waals surface area contributed by atoms with Gasteiger partial charge in [-0.25, -0.2) is 4.31 Å². The van der Waals surface area contributed by atoms with E-state index in [9.17, 15) is 0 Å². The minimum Gasteiger partial charge on any atom is -0.297 e. The highest BCUT2D eigenvalue weighted by Gasteiger charge is 2.24. The number of benzene rings is 2. The Morgan fingerprint density at radius 3 is 2.45 bits per heavy atom. The standard InChI is InChI=1S/C17H20N2S/c1-3-8-15(9-4-1)14-18-17-12-7-13-19(17)20-16-10-5-2-6-11-16/h1-6,8-11,17-18H,7,12-14H2. The molecule has 3 heteroatoms. The Morgan fingerprint density at radius 2 is 1.70 bits per heavy atom. The molecule has 1 aliphatic rings. The predicted octanol–water partition coefficient (Wildman–Crippen LogP) is 3.91. The molecule has 0 aliphatic carbocycles. The molecule has 0 radical (unpaired) electrons. The lowest BCUT2D eigenvalue weighted by Crippen LogP contribution is -2.36. The third-order valence-electron chi connectivity index (χ3n) is 3.55. The van der Waals surface area contributed by atoms with Crippen LogP contribution in [0.15, 0.2) is 65.6 Å². The van der Waals surface area contributed by atoms with Crippen molar-refractivity contribution < 1.29 is 0 Å². The highest BCUT2D eigenvalue weighted by molar-refractivity contribution is 7.97. The molecule has 1 fully saturated rings. The minimum absolute atomic E-state index is 0.473. The van der Waals surface area contributed by atoms with Crippen LogP contribution in [-0.4, -0.2) is 17.0 Å². The highest BCUT2D eigenvalue weighted by atomic mass is 32.2. The van der Waals surface area contributed by atoms with Crippen LogP contribution in [0.3, 0.4) is 0 Å². The van der Waals surface area contributed by atoms with Gasteiger partial charge in [-0.2, -0.15) is 0 Å². The molecule has 3 rings (SSSR count). The summed E-state index contributed by atoms with van der Waals surface area (Å²) in [7, 11) is 0. The summed E-state index contributed by atoms with van der Waals surface area (Å²) in [5.41, 5.74) is 1.35. The zero-order valence-corrected chi connectivity index (χ0v) is 12.4. The Bertz CT molecular complexity index is 515. The summed E-state index contributed by atoms with van der Waals surface area (Å²) in [6.07, 6.45) is 2.97. The zero-order valence-electron chi connectivity index (χ0n) is 11.5. The smallest absolute Gasteiger partial charge is 0.0702 e. The molecule has 2 aromatic rings. The molecule has 104 valence electrons. The lowest BCUT2D eigenvalue weighted by Gasteiger charge is -2.24. The fourth-order valence-corrected chi connectivity index (χ4v) is 3.58. The molecule has 1 heterocycles. The molecule has 0 saturated carbocycles. The maximum atomic E-state index is 3.67. The van der Waals surface area contributed by atoms with Gasteiger partial charge in [-0.1, -0.05) is 48.5 Å². The lowest BCUT2D eigenvalue weighted by molar-refractivity contribution is 0.362. The van der Waals surface area contributed by atoms with E-state index in [0.29, 0.717) is 6.17 Å². The number of hydrogen-bond donors (Lipinski definition) is 1. The normalized spacial score (nSPS) is 19.3. The van der Waals surface area contributed by atoms with E-state index < -0.39 is 0 Å². The second kappa shape index (κ2) is 6.93. The SMILES string of the molecule is c1ccc(CNC2CCCN2Sc2ccccc2)cc1. The molecule has 1 saturated heterocycles. The summed E-state index contributed by atoms with van der Waals surface area (Å²) < 4.78 is 2.47. The molecule has 0 amide bonds. The quantitative estimate of drug-likeness (QED) is 0.838. The van der Waals surface area contributed by atoms with E-state index in [-0.39, 0.29) is 0 Å². The molecule has 1 N–H and O–H groups in total. The Labute approximate surface area is 125 Å². The first kappa shape index (κ1) is 13.7. The maximum Gasteiger partial charge on any atom is 0.0702 e. The molecule has 20 heavy (non-hydrogen) atoms. The van der Waals surface area contributed by atoms with Crippen molar-refractivity contribution in [2.45, 2.75) is 30.4 Å². The van der Waals surface area contributed by atoms with E-state index >= 15 is 0 Å². The second-order valence-electron chi connectivity index (χ2n) is 5.07. The summed E-state index contributed by atoms with van der Waals surface area (Å²) in [6, 6.07) is 21.2. The molecule has 0 aromatic heterocycles. The molecular formula is C17H20N2S. The van der Waals surface area contributed by atoms with E-state index in [0.717, 1.165) is 13.1 Å². The first-order chi connectivity index (χ1) is 9.92. The van der Waals surface area contributed by atoms with Gasteiger partial charge < -0.3 is 0 Å². The Kier molecular flexibility index (Phi) is 4.74. The fraction of sp³-hybridized carbons (Fsp3) is 0.294. The van der Waals surface area contributed by atoms with Crippen molar-refractivity contribution in [2.24, 2.45) is 0 Å². The second-order valence-corrected chi connectivity index (χ2v) is 6.19. The van der Waals surface area contributed by atoms with Crippen LogP contribution in [-0.2, 0) is 6.54 Å². The van der Waals surface area contributed by atoms with Crippen LogP contribution in [0, 0.1) is 0 Å². The van der Waals surface area contributed by atoms with Gasteiger partial charge in [0.25, 0.3) is 0 Å². The summed E-state index contributed by atoms with van der Waals surface area (Å²) in [4.78, 5) is 1.32. The van der Waals surface area contributed by atoms with Crippen molar-refractivity contribution in [2.75, 3.05) is 6.54 Å². The minimum atomic E-state index is 0.473. The highest BCUT2D eigenvalue weighted by Crippen LogP contribution is 2.29. The van der Waals surface area contributed by atoms with Crippen molar-refractivity contribution in [1.82, 2.24) is 9.62 Å². The molecule has 1 aliphatic heterocycles. The van der Waals surface area contributed by atoms with Crippen LogP contribution >= 0.6 is 11.9 Å². The van der Waals surface area contributed by atoms with Gasteiger partial charge in [0, 0.05) is 18.0 Å². The first-order valence-corrected chi connectivity index (χ1v) is 7.96.